The van der Waals surface area contributed by atoms with E-state index in [1.165, 1.54) is 6.33 Å². The third-order valence-corrected chi connectivity index (χ3v) is 2.30. The highest BCUT2D eigenvalue weighted by molar-refractivity contribution is 4.97. The monoisotopic (exact) mass is 223 g/mol. The number of hydrogen-bond acceptors (Lipinski definition) is 4. The molecule has 0 radical (unpaired) electrons. The molecular formula is C12H21N3O. The second-order valence-corrected chi connectivity index (χ2v) is 4.90. The first kappa shape index (κ1) is 13.1. The van der Waals surface area contributed by atoms with Crippen LogP contribution in [0, 0.1) is 5.92 Å². The van der Waals surface area contributed by atoms with Crippen molar-refractivity contribution < 1.29 is 5.11 Å². The van der Waals surface area contributed by atoms with Gasteiger partial charge in [-0.25, -0.2) is 9.97 Å². The van der Waals surface area contributed by atoms with Crippen molar-refractivity contribution in [3.8, 4) is 0 Å². The Morgan fingerprint density at radius 1 is 1.50 bits per heavy atom. The van der Waals surface area contributed by atoms with Gasteiger partial charge in [0.25, 0.3) is 0 Å². The van der Waals surface area contributed by atoms with Crippen LogP contribution in [-0.2, 0) is 6.54 Å². The van der Waals surface area contributed by atoms with Crippen LogP contribution in [0.15, 0.2) is 18.6 Å². The summed E-state index contributed by atoms with van der Waals surface area (Å²) in [6.45, 7) is 7.32. The van der Waals surface area contributed by atoms with Crippen molar-refractivity contribution in [3.63, 3.8) is 0 Å². The Morgan fingerprint density at radius 2 is 2.25 bits per heavy atom. The number of rotatable bonds is 6. The van der Waals surface area contributed by atoms with Crippen LogP contribution in [0.4, 0.5) is 0 Å². The van der Waals surface area contributed by atoms with Gasteiger partial charge in [0.1, 0.15) is 6.33 Å². The van der Waals surface area contributed by atoms with Crippen molar-refractivity contribution in [1.82, 2.24) is 15.3 Å². The quantitative estimate of drug-likeness (QED) is 0.764. The molecule has 16 heavy (non-hydrogen) atoms. The summed E-state index contributed by atoms with van der Waals surface area (Å²) >= 11 is 0. The molecule has 1 rings (SSSR count). The number of nitrogens with one attached hydrogen (secondary N) is 1. The van der Waals surface area contributed by atoms with Gasteiger partial charge in [-0.15, -0.1) is 0 Å². The molecule has 90 valence electrons. The van der Waals surface area contributed by atoms with Crippen LogP contribution < -0.4 is 5.32 Å². The van der Waals surface area contributed by atoms with Gasteiger partial charge < -0.3 is 10.4 Å². The summed E-state index contributed by atoms with van der Waals surface area (Å²) in [7, 11) is 0. The Balaban J connectivity index is 2.30. The summed E-state index contributed by atoms with van der Waals surface area (Å²) in [6, 6.07) is 1.87. The van der Waals surface area contributed by atoms with Crippen LogP contribution in [0.1, 0.15) is 32.9 Å². The van der Waals surface area contributed by atoms with E-state index in [2.05, 4.69) is 29.1 Å². The van der Waals surface area contributed by atoms with Gasteiger partial charge in [-0.1, -0.05) is 13.8 Å². The van der Waals surface area contributed by atoms with Crippen molar-refractivity contribution in [2.75, 3.05) is 6.54 Å². The molecule has 4 nitrogen and oxygen atoms in total. The minimum atomic E-state index is -0.652. The molecule has 0 spiro atoms. The lowest BCUT2D eigenvalue weighted by Crippen LogP contribution is -2.38. The molecule has 0 saturated carbocycles. The topological polar surface area (TPSA) is 58.0 Å². The van der Waals surface area contributed by atoms with Gasteiger partial charge >= 0.3 is 0 Å². The fourth-order valence-electron chi connectivity index (χ4n) is 1.83. The highest BCUT2D eigenvalue weighted by Gasteiger charge is 2.20. The zero-order valence-electron chi connectivity index (χ0n) is 10.3. The molecule has 0 bridgehead atoms. The molecule has 2 N–H and O–H groups in total. The Morgan fingerprint density at radius 3 is 2.81 bits per heavy atom. The molecule has 0 amide bonds. The fraction of sp³-hybridized carbons (Fsp3) is 0.667. The van der Waals surface area contributed by atoms with Gasteiger partial charge in [0.15, 0.2) is 0 Å². The second-order valence-electron chi connectivity index (χ2n) is 4.90. The molecule has 1 aromatic rings. The van der Waals surface area contributed by atoms with Crippen molar-refractivity contribution >= 4 is 0 Å². The zero-order chi connectivity index (χ0) is 12.0. The molecule has 0 aliphatic heterocycles. The second kappa shape index (κ2) is 5.92. The zero-order valence-corrected chi connectivity index (χ0v) is 10.3. The van der Waals surface area contributed by atoms with Crippen molar-refractivity contribution in [2.24, 2.45) is 5.92 Å². The van der Waals surface area contributed by atoms with E-state index >= 15 is 0 Å². The largest absolute Gasteiger partial charge is 0.389 e. The Bertz CT molecular complexity index is 298. The van der Waals surface area contributed by atoms with Crippen LogP contribution in [0.25, 0.3) is 0 Å². The first-order valence-electron chi connectivity index (χ1n) is 5.67. The van der Waals surface area contributed by atoms with E-state index in [-0.39, 0.29) is 0 Å². The Labute approximate surface area is 97.1 Å². The Hall–Kier alpha value is -1.00. The smallest absolute Gasteiger partial charge is 0.115 e. The van der Waals surface area contributed by atoms with Crippen molar-refractivity contribution in [3.05, 3.63) is 24.3 Å². The normalized spacial score (nSPS) is 15.1. The van der Waals surface area contributed by atoms with E-state index in [0.717, 1.165) is 12.1 Å². The predicted molar refractivity (Wildman–Crippen MR) is 63.8 cm³/mol. The molecule has 0 saturated heterocycles. The molecule has 1 aromatic heterocycles. The number of aromatic nitrogens is 2. The minimum absolute atomic E-state index is 0.496. The minimum Gasteiger partial charge on any atom is -0.389 e. The summed E-state index contributed by atoms with van der Waals surface area (Å²) in [5.41, 5.74) is 0.289. The third kappa shape index (κ3) is 5.19. The van der Waals surface area contributed by atoms with Gasteiger partial charge in [-0.3, -0.25) is 0 Å². The number of aliphatic hydroxyl groups is 1. The molecule has 1 atom stereocenters. The van der Waals surface area contributed by atoms with Crippen LogP contribution in [0.3, 0.4) is 0 Å². The van der Waals surface area contributed by atoms with Gasteiger partial charge in [0, 0.05) is 19.3 Å². The molecular weight excluding hydrogens is 202 g/mol. The molecule has 0 aliphatic carbocycles. The number of nitrogens with zero attached hydrogens (tertiary/aromatic N) is 2. The van der Waals surface area contributed by atoms with Gasteiger partial charge in [0.2, 0.25) is 0 Å². The summed E-state index contributed by atoms with van der Waals surface area (Å²) in [6.07, 6.45) is 4.04. The average Bonchev–Trinajstić information content (AvgIpc) is 2.16. The van der Waals surface area contributed by atoms with Gasteiger partial charge in [0.05, 0.1) is 11.3 Å². The van der Waals surface area contributed by atoms with Crippen LogP contribution in [-0.4, -0.2) is 27.2 Å². The van der Waals surface area contributed by atoms with Crippen LogP contribution in [0.2, 0.25) is 0 Å². The first-order chi connectivity index (χ1) is 7.49. The van der Waals surface area contributed by atoms with E-state index in [4.69, 9.17) is 0 Å². The first-order valence-corrected chi connectivity index (χ1v) is 5.67. The molecule has 0 fully saturated rings. The van der Waals surface area contributed by atoms with Crippen LogP contribution in [0.5, 0.6) is 0 Å². The molecule has 1 heterocycles. The SMILES string of the molecule is CC(C)CC(C)(O)CNCc1ccncn1. The standard InChI is InChI=1S/C12H21N3O/c1-10(2)6-12(3,16)8-14-7-11-4-5-13-9-15-11/h4-5,9-10,14,16H,6-8H2,1-3H3. The number of hydrogen-bond donors (Lipinski definition) is 2. The summed E-state index contributed by atoms with van der Waals surface area (Å²) < 4.78 is 0. The lowest BCUT2D eigenvalue weighted by Gasteiger charge is -2.25. The van der Waals surface area contributed by atoms with E-state index in [1.54, 1.807) is 6.20 Å². The van der Waals surface area contributed by atoms with E-state index in [1.807, 2.05) is 13.0 Å². The highest BCUT2D eigenvalue weighted by atomic mass is 16.3. The summed E-state index contributed by atoms with van der Waals surface area (Å²) in [5, 5.41) is 13.3. The lowest BCUT2D eigenvalue weighted by atomic mass is 9.94. The molecule has 0 aliphatic rings. The summed E-state index contributed by atoms with van der Waals surface area (Å²) in [5.74, 6) is 0.496. The highest BCUT2D eigenvalue weighted by Crippen LogP contribution is 2.15. The third-order valence-electron chi connectivity index (χ3n) is 2.30. The van der Waals surface area contributed by atoms with Crippen LogP contribution >= 0.6 is 0 Å². The predicted octanol–water partition coefficient (Wildman–Crippen LogP) is 1.36. The van der Waals surface area contributed by atoms with Gasteiger partial charge in [-0.2, -0.15) is 0 Å². The van der Waals surface area contributed by atoms with E-state index in [0.29, 0.717) is 19.0 Å². The summed E-state index contributed by atoms with van der Waals surface area (Å²) in [4.78, 5) is 7.96. The molecule has 1 unspecified atom stereocenters. The van der Waals surface area contributed by atoms with E-state index in [9.17, 15) is 5.11 Å². The lowest BCUT2D eigenvalue weighted by molar-refractivity contribution is 0.0382. The van der Waals surface area contributed by atoms with Crippen molar-refractivity contribution in [1.29, 1.82) is 0 Å². The van der Waals surface area contributed by atoms with Crippen molar-refractivity contribution in [2.45, 2.75) is 39.3 Å². The maximum Gasteiger partial charge on any atom is 0.115 e. The maximum absolute atomic E-state index is 10.1. The van der Waals surface area contributed by atoms with E-state index < -0.39 is 5.60 Å². The fourth-order valence-corrected chi connectivity index (χ4v) is 1.83. The maximum atomic E-state index is 10.1. The molecule has 4 heteroatoms. The Kier molecular flexibility index (Phi) is 4.83. The van der Waals surface area contributed by atoms with Gasteiger partial charge in [-0.05, 0) is 25.3 Å². The molecule has 0 aromatic carbocycles. The average molecular weight is 223 g/mol.